The maximum absolute atomic E-state index is 12.4. The fourth-order valence-electron chi connectivity index (χ4n) is 1.03. The predicted octanol–water partition coefficient (Wildman–Crippen LogP) is 2.39. The van der Waals surface area contributed by atoms with Crippen molar-refractivity contribution < 1.29 is 27.1 Å². The molecule has 8 heteroatoms. The molecule has 1 aromatic heterocycles. The summed E-state index contributed by atoms with van der Waals surface area (Å²) in [4.78, 5) is 11.2. The van der Waals surface area contributed by atoms with Gasteiger partial charge in [-0.15, -0.1) is 0 Å². The summed E-state index contributed by atoms with van der Waals surface area (Å²) in [6, 6.07) is 0. The molecule has 0 N–H and O–H groups in total. The number of halogens is 4. The zero-order valence-corrected chi connectivity index (χ0v) is 8.16. The van der Waals surface area contributed by atoms with Gasteiger partial charge in [-0.25, -0.2) is 18.3 Å². The first-order valence-corrected chi connectivity index (χ1v) is 4.29. The van der Waals surface area contributed by atoms with Gasteiger partial charge in [0.05, 0.1) is 6.61 Å². The molecule has 0 unspecified atom stereocenters. The van der Waals surface area contributed by atoms with E-state index < -0.39 is 30.2 Å². The highest BCUT2D eigenvalue weighted by Crippen LogP contribution is 2.24. The molecule has 0 aliphatic carbocycles. The minimum atomic E-state index is -3.11. The number of alkyl halides is 4. The van der Waals surface area contributed by atoms with Crippen molar-refractivity contribution in [2.24, 2.45) is 0 Å². The van der Waals surface area contributed by atoms with Gasteiger partial charge in [0.15, 0.2) is 0 Å². The minimum absolute atomic E-state index is 0.00620. The van der Waals surface area contributed by atoms with Gasteiger partial charge in [0.1, 0.15) is 11.3 Å². The van der Waals surface area contributed by atoms with Crippen molar-refractivity contribution in [1.29, 1.82) is 0 Å². The maximum Gasteiger partial charge on any atom is 0.341 e. The number of carbonyl (C=O) groups excluding carboxylic acids is 1. The van der Waals surface area contributed by atoms with Gasteiger partial charge in [0, 0.05) is 6.20 Å². The summed E-state index contributed by atoms with van der Waals surface area (Å²) in [5.41, 5.74) is -1.64. The van der Waals surface area contributed by atoms with Crippen LogP contribution in [0.25, 0.3) is 0 Å². The van der Waals surface area contributed by atoms with Crippen LogP contribution in [0.5, 0.6) is 0 Å². The van der Waals surface area contributed by atoms with E-state index in [1.54, 1.807) is 0 Å². The molecule has 0 aromatic carbocycles. The minimum Gasteiger partial charge on any atom is -0.462 e. The molecule has 0 aliphatic rings. The van der Waals surface area contributed by atoms with Crippen molar-refractivity contribution in [1.82, 2.24) is 9.78 Å². The van der Waals surface area contributed by atoms with Gasteiger partial charge in [0.2, 0.25) is 0 Å². The first-order valence-electron chi connectivity index (χ1n) is 4.29. The normalized spacial score (nSPS) is 11.2. The number of hydrogen-bond acceptors (Lipinski definition) is 3. The Morgan fingerprint density at radius 3 is 2.56 bits per heavy atom. The van der Waals surface area contributed by atoms with Crippen molar-refractivity contribution in [2.45, 2.75) is 19.9 Å². The lowest BCUT2D eigenvalue weighted by molar-refractivity contribution is 0.0514. The predicted molar refractivity (Wildman–Crippen MR) is 44.4 cm³/mol. The van der Waals surface area contributed by atoms with Crippen molar-refractivity contribution in [3.63, 3.8) is 0 Å². The zero-order chi connectivity index (χ0) is 12.3. The van der Waals surface area contributed by atoms with E-state index in [-0.39, 0.29) is 11.3 Å². The number of nitrogens with zero attached hydrogens (tertiary/aromatic N) is 2. The van der Waals surface area contributed by atoms with Gasteiger partial charge in [-0.1, -0.05) is 0 Å². The van der Waals surface area contributed by atoms with E-state index in [4.69, 9.17) is 0 Å². The molecule has 0 saturated heterocycles. The molecule has 1 aromatic rings. The second-order valence-corrected chi connectivity index (χ2v) is 2.71. The third-order valence-corrected chi connectivity index (χ3v) is 1.66. The Morgan fingerprint density at radius 1 is 1.50 bits per heavy atom. The molecule has 1 rings (SSSR count). The van der Waals surface area contributed by atoms with Crippen LogP contribution in [-0.2, 0) is 4.74 Å². The first kappa shape index (κ1) is 12.5. The van der Waals surface area contributed by atoms with Gasteiger partial charge in [-0.05, 0) is 6.92 Å². The molecule has 0 fully saturated rings. The third-order valence-electron chi connectivity index (χ3n) is 1.66. The number of ether oxygens (including phenoxy) is 1. The SMILES string of the molecule is CCOC(=O)c1cn(C(F)F)nc1C(F)F. The molecule has 0 bridgehead atoms. The molecule has 90 valence electrons. The Bertz CT molecular complexity index is 378. The van der Waals surface area contributed by atoms with E-state index in [0.717, 1.165) is 0 Å². The smallest absolute Gasteiger partial charge is 0.341 e. The molecule has 0 saturated carbocycles. The highest BCUT2D eigenvalue weighted by atomic mass is 19.3. The third kappa shape index (κ3) is 2.50. The summed E-state index contributed by atoms with van der Waals surface area (Å²) in [5, 5.41) is 2.93. The highest BCUT2D eigenvalue weighted by molar-refractivity contribution is 5.90. The Labute approximate surface area is 87.8 Å². The molecule has 4 nitrogen and oxygen atoms in total. The summed E-state index contributed by atoms with van der Waals surface area (Å²) < 4.78 is 53.5. The van der Waals surface area contributed by atoms with E-state index in [1.165, 1.54) is 6.92 Å². The van der Waals surface area contributed by atoms with Crippen molar-refractivity contribution in [3.05, 3.63) is 17.5 Å². The highest BCUT2D eigenvalue weighted by Gasteiger charge is 2.26. The second kappa shape index (κ2) is 4.95. The molecular weight excluding hydrogens is 232 g/mol. The number of aromatic nitrogens is 2. The van der Waals surface area contributed by atoms with Crippen molar-refractivity contribution in [2.75, 3.05) is 6.61 Å². The zero-order valence-electron chi connectivity index (χ0n) is 8.16. The Kier molecular flexibility index (Phi) is 3.86. The number of carbonyl (C=O) groups is 1. The topological polar surface area (TPSA) is 44.1 Å². The average Bonchev–Trinajstić information content (AvgIpc) is 2.62. The molecule has 0 spiro atoms. The molecule has 0 radical (unpaired) electrons. The van der Waals surface area contributed by atoms with Gasteiger partial charge in [0.25, 0.3) is 6.43 Å². The number of hydrogen-bond donors (Lipinski definition) is 0. The van der Waals surface area contributed by atoms with Gasteiger partial charge in [-0.3, -0.25) is 0 Å². The Hall–Kier alpha value is -1.60. The number of esters is 1. The lowest BCUT2D eigenvalue weighted by atomic mass is 10.2. The van der Waals surface area contributed by atoms with Crippen LogP contribution in [-0.4, -0.2) is 22.4 Å². The van der Waals surface area contributed by atoms with Crippen LogP contribution in [0, 0.1) is 0 Å². The summed E-state index contributed by atoms with van der Waals surface area (Å²) in [6.07, 6.45) is -2.57. The van der Waals surface area contributed by atoms with E-state index in [9.17, 15) is 22.4 Å². The van der Waals surface area contributed by atoms with Crippen LogP contribution >= 0.6 is 0 Å². The van der Waals surface area contributed by atoms with Crippen LogP contribution in [0.2, 0.25) is 0 Å². The monoisotopic (exact) mass is 240 g/mol. The molecule has 0 amide bonds. The first-order chi connectivity index (χ1) is 7.47. The summed E-state index contributed by atoms with van der Waals surface area (Å²) in [7, 11) is 0. The van der Waals surface area contributed by atoms with Gasteiger partial charge in [-0.2, -0.15) is 13.9 Å². The quantitative estimate of drug-likeness (QED) is 0.599. The average molecular weight is 240 g/mol. The fraction of sp³-hybridized carbons (Fsp3) is 0.500. The lowest BCUT2D eigenvalue weighted by Gasteiger charge is -2.00. The summed E-state index contributed by atoms with van der Waals surface area (Å²) in [5.74, 6) is -1.09. The molecule has 0 aliphatic heterocycles. The molecule has 16 heavy (non-hydrogen) atoms. The van der Waals surface area contributed by atoms with Crippen LogP contribution in [0.4, 0.5) is 17.6 Å². The largest absolute Gasteiger partial charge is 0.462 e. The lowest BCUT2D eigenvalue weighted by Crippen LogP contribution is -2.06. The maximum atomic E-state index is 12.4. The Balaban J connectivity index is 3.10. The van der Waals surface area contributed by atoms with Crippen molar-refractivity contribution >= 4 is 5.97 Å². The van der Waals surface area contributed by atoms with E-state index in [2.05, 4.69) is 9.84 Å². The fourth-order valence-corrected chi connectivity index (χ4v) is 1.03. The number of rotatable bonds is 4. The van der Waals surface area contributed by atoms with E-state index in [0.29, 0.717) is 6.20 Å². The summed E-state index contributed by atoms with van der Waals surface area (Å²) >= 11 is 0. The molecule has 1 heterocycles. The second-order valence-electron chi connectivity index (χ2n) is 2.71. The molecule has 0 atom stereocenters. The van der Waals surface area contributed by atoms with Crippen LogP contribution in [0.3, 0.4) is 0 Å². The van der Waals surface area contributed by atoms with E-state index in [1.807, 2.05) is 0 Å². The van der Waals surface area contributed by atoms with Crippen LogP contribution in [0.15, 0.2) is 6.20 Å². The summed E-state index contributed by atoms with van der Waals surface area (Å²) in [6.45, 7) is -1.65. The molecular formula is C8H8F4N2O2. The van der Waals surface area contributed by atoms with Gasteiger partial charge < -0.3 is 4.74 Å². The Morgan fingerprint density at radius 2 is 2.12 bits per heavy atom. The standard InChI is InChI=1S/C8H8F4N2O2/c1-2-16-7(15)4-3-14(8(11)12)13-5(4)6(9)10/h3,6,8H,2H2,1H3. The van der Waals surface area contributed by atoms with Crippen LogP contribution < -0.4 is 0 Å². The van der Waals surface area contributed by atoms with E-state index >= 15 is 0 Å². The van der Waals surface area contributed by atoms with Crippen molar-refractivity contribution in [3.8, 4) is 0 Å². The van der Waals surface area contributed by atoms with Gasteiger partial charge >= 0.3 is 12.5 Å². The van der Waals surface area contributed by atoms with Crippen LogP contribution in [0.1, 0.15) is 36.0 Å².